The van der Waals surface area contributed by atoms with Crippen LogP contribution in [0.25, 0.3) is 11.4 Å². The van der Waals surface area contributed by atoms with E-state index in [0.717, 1.165) is 25.0 Å². The molecule has 0 spiro atoms. The van der Waals surface area contributed by atoms with E-state index in [2.05, 4.69) is 20.1 Å². The number of hydrazine groups is 1. The Morgan fingerprint density at radius 1 is 1.35 bits per heavy atom. The highest BCUT2D eigenvalue weighted by Crippen LogP contribution is 2.30. The van der Waals surface area contributed by atoms with Crippen LogP contribution in [0, 0.1) is 5.82 Å². The monoisotopic (exact) mass is 374 g/mol. The normalized spacial score (nSPS) is 18.7. The number of aromatic nitrogens is 2. The second-order valence-corrected chi connectivity index (χ2v) is 5.73. The first-order chi connectivity index (χ1) is 12.3. The minimum Gasteiger partial charge on any atom is -0.377 e. The molecule has 2 aromatic rings. The molecule has 0 saturated carbocycles. The average molecular weight is 374 g/mol. The zero-order chi connectivity index (χ0) is 18.9. The van der Waals surface area contributed by atoms with Gasteiger partial charge in [0.25, 0.3) is 5.91 Å². The number of hydrogen-bond donors (Lipinski definition) is 2. The standard InChI is InChI=1S/C15H14F4N4O3/c16-10-7-8(13(25)21-23-6-2-1-3-11(23)24)4-5-9(10)12-20-14(26-22-12)15(17,18)19/h4-5,7,11,24H,1-3,6H2,(H,21,25). The number of amides is 1. The Hall–Kier alpha value is -2.53. The van der Waals surface area contributed by atoms with Crippen molar-refractivity contribution in [3.8, 4) is 11.4 Å². The number of benzene rings is 1. The van der Waals surface area contributed by atoms with Crippen LogP contribution in [-0.2, 0) is 6.18 Å². The van der Waals surface area contributed by atoms with Gasteiger partial charge in [-0.25, -0.2) is 4.39 Å². The van der Waals surface area contributed by atoms with E-state index in [1.54, 1.807) is 0 Å². The predicted octanol–water partition coefficient (Wildman–Crippen LogP) is 2.34. The van der Waals surface area contributed by atoms with Crippen molar-refractivity contribution in [1.29, 1.82) is 0 Å². The number of carbonyl (C=O) groups excluding carboxylic acids is 1. The highest BCUT2D eigenvalue weighted by atomic mass is 19.4. The summed E-state index contributed by atoms with van der Waals surface area (Å²) in [7, 11) is 0. The van der Waals surface area contributed by atoms with Gasteiger partial charge in [-0.05, 0) is 37.5 Å². The molecule has 140 valence electrons. The van der Waals surface area contributed by atoms with Crippen LogP contribution in [0.3, 0.4) is 0 Å². The number of aliphatic hydroxyl groups excluding tert-OH is 1. The Labute approximate surface area is 144 Å². The summed E-state index contributed by atoms with van der Waals surface area (Å²) in [5, 5.41) is 14.3. The van der Waals surface area contributed by atoms with Crippen molar-refractivity contribution < 1.29 is 32.0 Å². The van der Waals surface area contributed by atoms with Crippen molar-refractivity contribution in [3.05, 3.63) is 35.5 Å². The molecule has 11 heteroatoms. The van der Waals surface area contributed by atoms with E-state index in [4.69, 9.17) is 0 Å². The first-order valence-electron chi connectivity index (χ1n) is 7.72. The molecule has 26 heavy (non-hydrogen) atoms. The van der Waals surface area contributed by atoms with Crippen LogP contribution in [0.5, 0.6) is 0 Å². The Morgan fingerprint density at radius 2 is 2.12 bits per heavy atom. The van der Waals surface area contributed by atoms with Gasteiger partial charge in [-0.15, -0.1) is 0 Å². The third-order valence-electron chi connectivity index (χ3n) is 3.86. The average Bonchev–Trinajstić information content (AvgIpc) is 3.07. The SMILES string of the molecule is O=C(NN1CCCCC1O)c1ccc(-c2noc(C(F)(F)F)n2)c(F)c1. The highest BCUT2D eigenvalue weighted by molar-refractivity contribution is 5.94. The van der Waals surface area contributed by atoms with E-state index in [0.29, 0.717) is 13.0 Å². The fourth-order valence-corrected chi connectivity index (χ4v) is 2.53. The molecule has 1 aliphatic heterocycles. The van der Waals surface area contributed by atoms with E-state index in [1.165, 1.54) is 11.1 Å². The minimum absolute atomic E-state index is 0.0661. The van der Waals surface area contributed by atoms with Crippen LogP contribution in [0.1, 0.15) is 35.5 Å². The van der Waals surface area contributed by atoms with Gasteiger partial charge >= 0.3 is 12.1 Å². The number of piperidine rings is 1. The number of nitrogens with one attached hydrogen (secondary N) is 1. The summed E-state index contributed by atoms with van der Waals surface area (Å²) >= 11 is 0. The lowest BCUT2D eigenvalue weighted by atomic mass is 10.1. The van der Waals surface area contributed by atoms with Crippen molar-refractivity contribution in [2.75, 3.05) is 6.54 Å². The summed E-state index contributed by atoms with van der Waals surface area (Å²) in [6.07, 6.45) is -3.52. The third-order valence-corrected chi connectivity index (χ3v) is 3.86. The van der Waals surface area contributed by atoms with Crippen LogP contribution < -0.4 is 5.43 Å². The number of hydrogen-bond acceptors (Lipinski definition) is 6. The van der Waals surface area contributed by atoms with Crippen LogP contribution in [0.4, 0.5) is 17.6 Å². The van der Waals surface area contributed by atoms with Gasteiger partial charge in [-0.2, -0.15) is 23.2 Å². The van der Waals surface area contributed by atoms with Crippen LogP contribution >= 0.6 is 0 Å². The second kappa shape index (κ2) is 7.00. The molecule has 1 amide bonds. The lowest BCUT2D eigenvalue weighted by molar-refractivity contribution is -0.159. The van der Waals surface area contributed by atoms with Gasteiger partial charge in [0.05, 0.1) is 5.56 Å². The number of rotatable bonds is 3. The molecular weight excluding hydrogens is 360 g/mol. The molecule has 0 radical (unpaired) electrons. The van der Waals surface area contributed by atoms with E-state index in [-0.39, 0.29) is 11.1 Å². The smallest absolute Gasteiger partial charge is 0.377 e. The molecule has 2 N–H and O–H groups in total. The molecule has 1 atom stereocenters. The molecule has 2 heterocycles. The van der Waals surface area contributed by atoms with Gasteiger partial charge < -0.3 is 9.63 Å². The Morgan fingerprint density at radius 3 is 2.73 bits per heavy atom. The maximum atomic E-state index is 14.2. The minimum atomic E-state index is -4.84. The molecule has 1 aliphatic rings. The van der Waals surface area contributed by atoms with Crippen molar-refractivity contribution in [2.45, 2.75) is 31.7 Å². The van der Waals surface area contributed by atoms with Gasteiger partial charge in [0.1, 0.15) is 12.0 Å². The lowest BCUT2D eigenvalue weighted by Crippen LogP contribution is -2.50. The number of carbonyl (C=O) groups is 1. The Balaban J connectivity index is 1.77. The fraction of sp³-hybridized carbons (Fsp3) is 0.400. The maximum Gasteiger partial charge on any atom is 0.471 e. The summed E-state index contributed by atoms with van der Waals surface area (Å²) < 4.78 is 55.7. The number of aliphatic hydroxyl groups is 1. The van der Waals surface area contributed by atoms with E-state index in [1.807, 2.05) is 0 Å². The third kappa shape index (κ3) is 3.83. The molecule has 1 aromatic carbocycles. The number of nitrogens with zero attached hydrogens (tertiary/aromatic N) is 3. The molecule has 0 bridgehead atoms. The van der Waals surface area contributed by atoms with E-state index >= 15 is 0 Å². The summed E-state index contributed by atoms with van der Waals surface area (Å²) in [6, 6.07) is 3.15. The zero-order valence-electron chi connectivity index (χ0n) is 13.3. The maximum absolute atomic E-state index is 14.2. The van der Waals surface area contributed by atoms with Crippen molar-refractivity contribution in [2.24, 2.45) is 0 Å². The summed E-state index contributed by atoms with van der Waals surface area (Å²) in [5.74, 6) is -3.80. The molecule has 1 fully saturated rings. The fourth-order valence-electron chi connectivity index (χ4n) is 2.53. The highest BCUT2D eigenvalue weighted by Gasteiger charge is 2.38. The quantitative estimate of drug-likeness (QED) is 0.802. The molecule has 1 saturated heterocycles. The zero-order valence-corrected chi connectivity index (χ0v) is 13.3. The first kappa shape index (κ1) is 18.3. The van der Waals surface area contributed by atoms with Gasteiger partial charge in [-0.3, -0.25) is 10.2 Å². The molecule has 0 aliphatic carbocycles. The number of halogens is 4. The summed E-state index contributed by atoms with van der Waals surface area (Å²) in [5.41, 5.74) is 2.07. The predicted molar refractivity (Wildman–Crippen MR) is 78.7 cm³/mol. The van der Waals surface area contributed by atoms with E-state index < -0.39 is 35.8 Å². The second-order valence-electron chi connectivity index (χ2n) is 5.73. The first-order valence-corrected chi connectivity index (χ1v) is 7.72. The van der Waals surface area contributed by atoms with Crippen molar-refractivity contribution >= 4 is 5.91 Å². The van der Waals surface area contributed by atoms with Gasteiger partial charge in [0, 0.05) is 12.1 Å². The molecule has 1 unspecified atom stereocenters. The molecular formula is C15H14F4N4O3. The summed E-state index contributed by atoms with van der Waals surface area (Å²) in [6.45, 7) is 0.455. The van der Waals surface area contributed by atoms with Crippen molar-refractivity contribution in [3.63, 3.8) is 0 Å². The Bertz CT molecular complexity index is 808. The lowest BCUT2D eigenvalue weighted by Gasteiger charge is -2.31. The largest absolute Gasteiger partial charge is 0.471 e. The topological polar surface area (TPSA) is 91.5 Å². The number of alkyl halides is 3. The van der Waals surface area contributed by atoms with Gasteiger partial charge in [0.2, 0.25) is 5.82 Å². The van der Waals surface area contributed by atoms with Crippen LogP contribution in [0.2, 0.25) is 0 Å². The van der Waals surface area contributed by atoms with Crippen LogP contribution in [0.15, 0.2) is 22.7 Å². The molecule has 1 aromatic heterocycles. The van der Waals surface area contributed by atoms with Crippen molar-refractivity contribution in [1.82, 2.24) is 20.6 Å². The van der Waals surface area contributed by atoms with Crippen LogP contribution in [-0.4, -0.2) is 38.9 Å². The molecule has 3 rings (SSSR count). The van der Waals surface area contributed by atoms with E-state index in [9.17, 15) is 27.5 Å². The molecule has 7 nitrogen and oxygen atoms in total. The van der Waals surface area contributed by atoms with Gasteiger partial charge in [0.15, 0.2) is 0 Å². The summed E-state index contributed by atoms with van der Waals surface area (Å²) in [4.78, 5) is 15.3. The Kier molecular flexibility index (Phi) is 4.92. The van der Waals surface area contributed by atoms with Gasteiger partial charge in [-0.1, -0.05) is 5.16 Å².